The topological polar surface area (TPSA) is 38.1 Å². The van der Waals surface area contributed by atoms with Gasteiger partial charge in [0.2, 0.25) is 5.91 Å². The summed E-state index contributed by atoms with van der Waals surface area (Å²) in [7, 11) is 0. The summed E-state index contributed by atoms with van der Waals surface area (Å²) in [5.74, 6) is 1.82. The first-order valence-corrected chi connectivity index (χ1v) is 12.5. The van der Waals surface area contributed by atoms with Gasteiger partial charge in [0.15, 0.2) is 0 Å². The molecule has 0 radical (unpaired) electrons. The fourth-order valence-corrected chi connectivity index (χ4v) is 4.98. The molecule has 1 aliphatic rings. The van der Waals surface area contributed by atoms with E-state index < -0.39 is 0 Å². The van der Waals surface area contributed by atoms with Gasteiger partial charge in [-0.1, -0.05) is 69.3 Å². The SMILES string of the molecule is CCc1ccc(N2C[C@H](c3nc4ccccc4n3Cc3ccc([C@@H](C)CC)cc3)CC2=O)cc1. The molecule has 3 aromatic carbocycles. The van der Waals surface area contributed by atoms with E-state index in [0.29, 0.717) is 18.9 Å². The van der Waals surface area contributed by atoms with Crippen LogP contribution in [0, 0.1) is 0 Å². The van der Waals surface area contributed by atoms with Gasteiger partial charge in [0.1, 0.15) is 5.82 Å². The summed E-state index contributed by atoms with van der Waals surface area (Å²) < 4.78 is 2.31. The Hall–Kier alpha value is -3.40. The number of hydrogen-bond donors (Lipinski definition) is 0. The standard InChI is InChI=1S/C30H33N3O/c1-4-21(3)24-14-10-23(11-15-24)19-33-28-9-7-6-8-27(28)31-30(33)25-18-29(34)32(20-25)26-16-12-22(5-2)13-17-26/h6-17,21,25H,4-5,18-20H2,1-3H3/t21-,25+/m0/s1. The van der Waals surface area contributed by atoms with Crippen LogP contribution in [-0.2, 0) is 17.8 Å². The van der Waals surface area contributed by atoms with Crippen molar-refractivity contribution in [2.24, 2.45) is 0 Å². The van der Waals surface area contributed by atoms with Crippen molar-refractivity contribution in [1.29, 1.82) is 0 Å². The van der Waals surface area contributed by atoms with Gasteiger partial charge in [-0.25, -0.2) is 4.98 Å². The van der Waals surface area contributed by atoms with Gasteiger partial charge >= 0.3 is 0 Å². The predicted octanol–water partition coefficient (Wildman–Crippen LogP) is 6.68. The Morgan fingerprint density at radius 1 is 0.941 bits per heavy atom. The summed E-state index contributed by atoms with van der Waals surface area (Å²) in [5.41, 5.74) is 7.02. The highest BCUT2D eigenvalue weighted by Gasteiger charge is 2.34. The van der Waals surface area contributed by atoms with Crippen LogP contribution >= 0.6 is 0 Å². The van der Waals surface area contributed by atoms with Gasteiger partial charge in [-0.3, -0.25) is 4.79 Å². The molecule has 0 aliphatic carbocycles. The first-order chi connectivity index (χ1) is 16.6. The molecule has 1 fully saturated rings. The van der Waals surface area contributed by atoms with E-state index in [9.17, 15) is 4.79 Å². The maximum atomic E-state index is 13.0. The summed E-state index contributed by atoms with van der Waals surface area (Å²) in [4.78, 5) is 20.0. The molecule has 34 heavy (non-hydrogen) atoms. The number of fused-ring (bicyclic) bond motifs is 1. The number of para-hydroxylation sites is 2. The minimum Gasteiger partial charge on any atom is -0.323 e. The lowest BCUT2D eigenvalue weighted by molar-refractivity contribution is -0.117. The molecule has 1 saturated heterocycles. The molecule has 1 aromatic heterocycles. The zero-order chi connectivity index (χ0) is 23.7. The minimum absolute atomic E-state index is 0.0742. The second-order valence-corrected chi connectivity index (χ2v) is 9.52. The first kappa shape index (κ1) is 22.4. The molecule has 0 unspecified atom stereocenters. The van der Waals surface area contributed by atoms with Gasteiger partial charge in [-0.05, 0) is 59.7 Å². The molecule has 5 rings (SSSR count). The number of carbonyl (C=O) groups is 1. The van der Waals surface area contributed by atoms with Crippen molar-refractivity contribution >= 4 is 22.6 Å². The molecule has 2 atom stereocenters. The number of benzene rings is 3. The highest BCUT2D eigenvalue weighted by Crippen LogP contribution is 2.34. The van der Waals surface area contributed by atoms with E-state index in [1.165, 1.54) is 16.7 Å². The number of imidazole rings is 1. The normalized spacial score (nSPS) is 17.0. The summed E-state index contributed by atoms with van der Waals surface area (Å²) in [6, 6.07) is 25.7. The Morgan fingerprint density at radius 2 is 1.65 bits per heavy atom. The Morgan fingerprint density at radius 3 is 2.35 bits per heavy atom. The van der Waals surface area contributed by atoms with Crippen LogP contribution in [0.15, 0.2) is 72.8 Å². The number of amides is 1. The van der Waals surface area contributed by atoms with Crippen molar-refractivity contribution in [2.45, 2.75) is 58.4 Å². The first-order valence-electron chi connectivity index (χ1n) is 12.5. The molecule has 4 aromatic rings. The molecule has 4 heteroatoms. The van der Waals surface area contributed by atoms with Crippen molar-refractivity contribution in [3.8, 4) is 0 Å². The van der Waals surface area contributed by atoms with Crippen molar-refractivity contribution in [3.63, 3.8) is 0 Å². The number of carbonyl (C=O) groups excluding carboxylic acids is 1. The van der Waals surface area contributed by atoms with E-state index in [-0.39, 0.29) is 11.8 Å². The molecule has 0 N–H and O–H groups in total. The third kappa shape index (κ3) is 4.25. The monoisotopic (exact) mass is 451 g/mol. The molecule has 174 valence electrons. The van der Waals surface area contributed by atoms with Crippen molar-refractivity contribution in [3.05, 3.63) is 95.3 Å². The number of rotatable bonds is 7. The molecule has 0 bridgehead atoms. The molecule has 4 nitrogen and oxygen atoms in total. The molecule has 2 heterocycles. The third-order valence-corrected chi connectivity index (χ3v) is 7.33. The van der Waals surface area contributed by atoms with E-state index in [1.807, 2.05) is 11.0 Å². The predicted molar refractivity (Wildman–Crippen MR) is 140 cm³/mol. The van der Waals surface area contributed by atoms with Crippen molar-refractivity contribution in [1.82, 2.24) is 9.55 Å². The molecule has 0 saturated carbocycles. The van der Waals surface area contributed by atoms with Gasteiger partial charge in [-0.15, -0.1) is 0 Å². The van der Waals surface area contributed by atoms with Gasteiger partial charge in [0.25, 0.3) is 0 Å². The second kappa shape index (κ2) is 9.46. The third-order valence-electron chi connectivity index (χ3n) is 7.33. The lowest BCUT2D eigenvalue weighted by atomic mass is 9.97. The van der Waals surface area contributed by atoms with Crippen molar-refractivity contribution in [2.75, 3.05) is 11.4 Å². The maximum Gasteiger partial charge on any atom is 0.227 e. The zero-order valence-electron chi connectivity index (χ0n) is 20.4. The molecule has 1 amide bonds. The minimum atomic E-state index is 0.0742. The number of aryl methyl sites for hydroxylation is 1. The zero-order valence-corrected chi connectivity index (χ0v) is 20.4. The molecule has 1 aliphatic heterocycles. The van der Waals surface area contributed by atoms with E-state index >= 15 is 0 Å². The van der Waals surface area contributed by atoms with Gasteiger partial charge in [0, 0.05) is 31.1 Å². The quantitative estimate of drug-likeness (QED) is 0.314. The van der Waals surface area contributed by atoms with Crippen molar-refractivity contribution < 1.29 is 4.79 Å². The van der Waals surface area contributed by atoms with Gasteiger partial charge < -0.3 is 9.47 Å². The van der Waals surface area contributed by atoms with Crippen LogP contribution in [0.25, 0.3) is 11.0 Å². The van der Waals surface area contributed by atoms with Gasteiger partial charge in [0.05, 0.1) is 11.0 Å². The lowest BCUT2D eigenvalue weighted by Crippen LogP contribution is -2.24. The Balaban J connectivity index is 1.45. The van der Waals surface area contributed by atoms with Crippen LogP contribution in [0.5, 0.6) is 0 Å². The fraction of sp³-hybridized carbons (Fsp3) is 0.333. The van der Waals surface area contributed by atoms with Crippen LogP contribution in [0.4, 0.5) is 5.69 Å². The molecule has 0 spiro atoms. The summed E-state index contributed by atoms with van der Waals surface area (Å²) in [5, 5.41) is 0. The number of aromatic nitrogens is 2. The Kier molecular flexibility index (Phi) is 6.23. The van der Waals surface area contributed by atoms with E-state index in [2.05, 4.69) is 92.1 Å². The van der Waals surface area contributed by atoms with Crippen LogP contribution in [0.2, 0.25) is 0 Å². The molecular formula is C30H33N3O. The smallest absolute Gasteiger partial charge is 0.227 e. The van der Waals surface area contributed by atoms with Crippen LogP contribution < -0.4 is 4.90 Å². The summed E-state index contributed by atoms with van der Waals surface area (Å²) in [6.45, 7) is 8.07. The van der Waals surface area contributed by atoms with Crippen LogP contribution in [0.1, 0.15) is 68.0 Å². The largest absolute Gasteiger partial charge is 0.323 e. The van der Waals surface area contributed by atoms with Gasteiger partial charge in [-0.2, -0.15) is 0 Å². The number of nitrogens with zero attached hydrogens (tertiary/aromatic N) is 3. The van der Waals surface area contributed by atoms with Crippen LogP contribution in [-0.4, -0.2) is 22.0 Å². The average Bonchev–Trinajstić information content (AvgIpc) is 3.44. The molecular weight excluding hydrogens is 418 g/mol. The fourth-order valence-electron chi connectivity index (χ4n) is 4.98. The lowest BCUT2D eigenvalue weighted by Gasteiger charge is -2.18. The van der Waals surface area contributed by atoms with E-state index in [0.717, 1.165) is 41.9 Å². The number of hydrogen-bond acceptors (Lipinski definition) is 2. The summed E-state index contributed by atoms with van der Waals surface area (Å²) in [6.07, 6.45) is 2.63. The highest BCUT2D eigenvalue weighted by molar-refractivity contribution is 5.96. The highest BCUT2D eigenvalue weighted by atomic mass is 16.2. The summed E-state index contributed by atoms with van der Waals surface area (Å²) >= 11 is 0. The van der Waals surface area contributed by atoms with Crippen LogP contribution in [0.3, 0.4) is 0 Å². The second-order valence-electron chi connectivity index (χ2n) is 9.52. The Labute approximate surface area is 202 Å². The average molecular weight is 452 g/mol. The Bertz CT molecular complexity index is 1290. The maximum absolute atomic E-state index is 13.0. The van der Waals surface area contributed by atoms with E-state index in [4.69, 9.17) is 4.98 Å². The number of anilines is 1. The van der Waals surface area contributed by atoms with E-state index in [1.54, 1.807) is 0 Å².